The van der Waals surface area contributed by atoms with Crippen LogP contribution in [0.5, 0.6) is 0 Å². The van der Waals surface area contributed by atoms with Crippen LogP contribution in [0.1, 0.15) is 13.3 Å². The molecule has 0 spiro atoms. The van der Waals surface area contributed by atoms with E-state index < -0.39 is 37.9 Å². The Labute approximate surface area is 103 Å². The van der Waals surface area contributed by atoms with Crippen LogP contribution >= 0.6 is 0 Å². The summed E-state index contributed by atoms with van der Waals surface area (Å²) in [5.41, 5.74) is 0. The van der Waals surface area contributed by atoms with Crippen LogP contribution in [-0.4, -0.2) is 46.5 Å². The number of fused-ring (bicyclic) bond motifs is 1. The summed E-state index contributed by atoms with van der Waals surface area (Å²) in [5, 5.41) is 16.5. The Hall–Kier alpha value is -1.88. The van der Waals surface area contributed by atoms with E-state index in [0.29, 0.717) is 0 Å². The van der Waals surface area contributed by atoms with Crippen molar-refractivity contribution >= 4 is 21.7 Å². The first-order valence-electron chi connectivity index (χ1n) is 5.12. The third kappa shape index (κ3) is 1.25. The Morgan fingerprint density at radius 2 is 2.28 bits per heavy atom. The third-order valence-corrected chi connectivity index (χ3v) is 6.16. The Kier molecular flexibility index (Phi) is 2.48. The van der Waals surface area contributed by atoms with Crippen molar-refractivity contribution in [3.63, 3.8) is 0 Å². The second-order valence-electron chi connectivity index (χ2n) is 4.39. The standard InChI is InChI=1S/C10H10N2O5S/c1-10(3-2-4-11)8(9(14)15)12-6(13)5-7(12)18(10,16)17/h2-3,7-8H,5H2,1H3,(H,14,15)/b3-2-. The molecule has 0 bridgehead atoms. The van der Waals surface area contributed by atoms with E-state index >= 15 is 0 Å². The molecule has 0 aliphatic carbocycles. The number of hydrogen-bond donors (Lipinski definition) is 1. The first-order valence-corrected chi connectivity index (χ1v) is 6.66. The summed E-state index contributed by atoms with van der Waals surface area (Å²) < 4.78 is 22.7. The lowest BCUT2D eigenvalue weighted by Crippen LogP contribution is -2.57. The Morgan fingerprint density at radius 3 is 2.72 bits per heavy atom. The maximum atomic E-state index is 12.2. The number of nitrogens with zero attached hydrogens (tertiary/aromatic N) is 2. The number of rotatable bonds is 2. The molecular weight excluding hydrogens is 260 g/mol. The highest BCUT2D eigenvalue weighted by Gasteiger charge is 2.68. The normalized spacial score (nSPS) is 37.1. The SMILES string of the molecule is CC1(/C=C\C#N)C(C(=O)O)N2C(=O)CC2S1(=O)=O. The summed E-state index contributed by atoms with van der Waals surface area (Å²) in [4.78, 5) is 23.5. The molecule has 18 heavy (non-hydrogen) atoms. The van der Waals surface area contributed by atoms with E-state index in [1.807, 2.05) is 0 Å². The van der Waals surface area contributed by atoms with Crippen LogP contribution in [0.25, 0.3) is 0 Å². The second-order valence-corrected chi connectivity index (χ2v) is 6.91. The van der Waals surface area contributed by atoms with Crippen LogP contribution in [0, 0.1) is 11.3 Å². The van der Waals surface area contributed by atoms with E-state index in [9.17, 15) is 18.0 Å². The highest BCUT2D eigenvalue weighted by molar-refractivity contribution is 7.94. The van der Waals surface area contributed by atoms with Crippen molar-refractivity contribution in [2.75, 3.05) is 0 Å². The minimum Gasteiger partial charge on any atom is -0.480 e. The second kappa shape index (κ2) is 3.55. The van der Waals surface area contributed by atoms with Gasteiger partial charge in [0.15, 0.2) is 15.9 Å². The highest BCUT2D eigenvalue weighted by Crippen LogP contribution is 2.46. The van der Waals surface area contributed by atoms with Gasteiger partial charge in [0.25, 0.3) is 0 Å². The van der Waals surface area contributed by atoms with Crippen molar-refractivity contribution in [3.05, 3.63) is 12.2 Å². The fourth-order valence-corrected chi connectivity index (χ4v) is 4.72. The molecule has 3 unspecified atom stereocenters. The summed E-state index contributed by atoms with van der Waals surface area (Å²) in [6, 6.07) is 0.163. The van der Waals surface area contributed by atoms with E-state index in [0.717, 1.165) is 17.1 Å². The molecule has 96 valence electrons. The van der Waals surface area contributed by atoms with E-state index in [-0.39, 0.29) is 6.42 Å². The Bertz CT molecular complexity index is 602. The first-order chi connectivity index (χ1) is 8.27. The summed E-state index contributed by atoms with van der Waals surface area (Å²) in [6.45, 7) is 1.22. The number of carbonyl (C=O) groups is 2. The lowest BCUT2D eigenvalue weighted by Gasteiger charge is -2.35. The number of sulfone groups is 1. The lowest BCUT2D eigenvalue weighted by atomic mass is 9.96. The Morgan fingerprint density at radius 1 is 1.67 bits per heavy atom. The number of carboxylic acid groups (broad SMARTS) is 1. The van der Waals surface area contributed by atoms with Crippen molar-refractivity contribution in [2.24, 2.45) is 0 Å². The highest BCUT2D eigenvalue weighted by atomic mass is 32.2. The van der Waals surface area contributed by atoms with Crippen molar-refractivity contribution < 1.29 is 23.1 Å². The number of β-lactam (4-membered cyclic amide) rings is 1. The molecule has 2 rings (SSSR count). The molecule has 0 aromatic rings. The smallest absolute Gasteiger partial charge is 0.328 e. The molecule has 2 aliphatic heterocycles. The van der Waals surface area contributed by atoms with Gasteiger partial charge in [0.1, 0.15) is 10.1 Å². The van der Waals surface area contributed by atoms with Crippen molar-refractivity contribution in [3.8, 4) is 6.07 Å². The Balaban J connectivity index is 2.61. The molecule has 0 aromatic heterocycles. The monoisotopic (exact) mass is 270 g/mol. The van der Waals surface area contributed by atoms with Gasteiger partial charge >= 0.3 is 5.97 Å². The molecule has 7 nitrogen and oxygen atoms in total. The molecule has 1 N–H and O–H groups in total. The average Bonchev–Trinajstić information content (AvgIpc) is 2.41. The zero-order chi connectivity index (χ0) is 13.7. The third-order valence-electron chi connectivity index (χ3n) is 3.46. The van der Waals surface area contributed by atoms with Crippen LogP contribution in [0.4, 0.5) is 0 Å². The number of hydrogen-bond acceptors (Lipinski definition) is 5. The van der Waals surface area contributed by atoms with E-state index in [4.69, 9.17) is 10.4 Å². The van der Waals surface area contributed by atoms with Crippen LogP contribution in [0.2, 0.25) is 0 Å². The summed E-state index contributed by atoms with van der Waals surface area (Å²) in [6.07, 6.45) is 1.79. The van der Waals surface area contributed by atoms with Crippen LogP contribution in [0.3, 0.4) is 0 Å². The fourth-order valence-electron chi connectivity index (χ4n) is 2.45. The summed E-state index contributed by atoms with van der Waals surface area (Å²) >= 11 is 0. The quantitative estimate of drug-likeness (QED) is 0.522. The van der Waals surface area contributed by atoms with Crippen molar-refractivity contribution in [1.29, 1.82) is 5.26 Å². The van der Waals surface area contributed by atoms with Crippen LogP contribution < -0.4 is 0 Å². The average molecular weight is 270 g/mol. The van der Waals surface area contributed by atoms with Crippen molar-refractivity contribution in [1.82, 2.24) is 4.90 Å². The molecule has 1 amide bonds. The molecule has 2 heterocycles. The van der Waals surface area contributed by atoms with Gasteiger partial charge in [0.2, 0.25) is 5.91 Å². The fraction of sp³-hybridized carbons (Fsp3) is 0.500. The number of carboxylic acids is 1. The number of amides is 1. The van der Waals surface area contributed by atoms with Gasteiger partial charge in [-0.15, -0.1) is 0 Å². The first kappa shape index (κ1) is 12.6. The topological polar surface area (TPSA) is 116 Å². The predicted molar refractivity (Wildman–Crippen MR) is 58.8 cm³/mol. The summed E-state index contributed by atoms with van der Waals surface area (Å²) in [5.74, 6) is -1.88. The van der Waals surface area contributed by atoms with Gasteiger partial charge in [-0.2, -0.15) is 5.26 Å². The molecular formula is C10H10N2O5S. The minimum atomic E-state index is -3.84. The van der Waals surface area contributed by atoms with Crippen LogP contribution in [-0.2, 0) is 19.4 Å². The van der Waals surface area contributed by atoms with E-state index in [2.05, 4.69) is 0 Å². The minimum absolute atomic E-state index is 0.192. The maximum absolute atomic E-state index is 12.2. The van der Waals surface area contributed by atoms with Gasteiger partial charge < -0.3 is 10.0 Å². The molecule has 2 fully saturated rings. The van der Waals surface area contributed by atoms with Crippen molar-refractivity contribution in [2.45, 2.75) is 29.5 Å². The molecule has 2 aliphatic rings. The largest absolute Gasteiger partial charge is 0.480 e. The van der Waals surface area contributed by atoms with Gasteiger partial charge in [-0.1, -0.05) is 6.08 Å². The maximum Gasteiger partial charge on any atom is 0.328 e. The lowest BCUT2D eigenvalue weighted by molar-refractivity contribution is -0.157. The van der Waals surface area contributed by atoms with Gasteiger partial charge in [-0.3, -0.25) is 4.79 Å². The van der Waals surface area contributed by atoms with Gasteiger partial charge in [-0.25, -0.2) is 13.2 Å². The van der Waals surface area contributed by atoms with Gasteiger partial charge in [0.05, 0.1) is 12.5 Å². The van der Waals surface area contributed by atoms with E-state index in [1.54, 1.807) is 6.07 Å². The zero-order valence-corrected chi connectivity index (χ0v) is 10.2. The number of carbonyl (C=O) groups excluding carboxylic acids is 1. The molecule has 0 aromatic carbocycles. The zero-order valence-electron chi connectivity index (χ0n) is 9.40. The number of aliphatic carboxylic acids is 1. The summed E-state index contributed by atoms with van der Waals surface area (Å²) in [7, 11) is -3.84. The van der Waals surface area contributed by atoms with E-state index in [1.165, 1.54) is 6.92 Å². The molecule has 0 radical (unpaired) electrons. The number of nitriles is 1. The van der Waals surface area contributed by atoms with Gasteiger partial charge in [-0.05, 0) is 6.92 Å². The van der Waals surface area contributed by atoms with Gasteiger partial charge in [0, 0.05) is 6.08 Å². The number of allylic oxidation sites excluding steroid dienone is 1. The predicted octanol–water partition coefficient (Wildman–Crippen LogP) is -0.735. The molecule has 8 heteroatoms. The molecule has 0 saturated carbocycles. The molecule has 3 atom stereocenters. The van der Waals surface area contributed by atoms with Crippen LogP contribution in [0.15, 0.2) is 12.2 Å². The molecule has 2 saturated heterocycles.